The van der Waals surface area contributed by atoms with Crippen LogP contribution in [0.1, 0.15) is 32.0 Å². The Morgan fingerprint density at radius 3 is 2.47 bits per heavy atom. The Morgan fingerprint density at radius 2 is 2.00 bits per heavy atom. The van der Waals surface area contributed by atoms with Gasteiger partial charge < -0.3 is 5.32 Å². The zero-order chi connectivity index (χ0) is 14.5. The van der Waals surface area contributed by atoms with E-state index in [9.17, 15) is 8.78 Å². The van der Waals surface area contributed by atoms with Gasteiger partial charge in [-0.1, -0.05) is 6.07 Å². The second-order valence-electron chi connectivity index (χ2n) is 5.85. The molecule has 0 bridgehead atoms. The number of rotatable bonds is 6. The van der Waals surface area contributed by atoms with Gasteiger partial charge in [-0.15, -0.1) is 0 Å². The molecule has 0 saturated heterocycles. The molecule has 1 aromatic rings. The van der Waals surface area contributed by atoms with Gasteiger partial charge in [-0.3, -0.25) is 9.88 Å². The summed E-state index contributed by atoms with van der Waals surface area (Å²) in [5, 5.41) is 3.37. The molecule has 0 amide bonds. The number of hydrogen-bond acceptors (Lipinski definition) is 3. The van der Waals surface area contributed by atoms with Gasteiger partial charge in [0.05, 0.1) is 12.2 Å². The van der Waals surface area contributed by atoms with Gasteiger partial charge in [0.2, 0.25) is 0 Å². The Balaban J connectivity index is 2.47. The second-order valence-corrected chi connectivity index (χ2v) is 5.85. The molecule has 0 radical (unpaired) electrons. The fourth-order valence-corrected chi connectivity index (χ4v) is 1.60. The third-order valence-corrected chi connectivity index (χ3v) is 2.59. The van der Waals surface area contributed by atoms with Crippen molar-refractivity contribution in [3.63, 3.8) is 0 Å². The Labute approximate surface area is 114 Å². The van der Waals surface area contributed by atoms with Gasteiger partial charge >= 0.3 is 0 Å². The van der Waals surface area contributed by atoms with E-state index in [-0.39, 0.29) is 12.1 Å². The molecule has 3 nitrogen and oxygen atoms in total. The van der Waals surface area contributed by atoms with E-state index in [4.69, 9.17) is 0 Å². The lowest BCUT2D eigenvalue weighted by atomic mass is 10.1. The third-order valence-electron chi connectivity index (χ3n) is 2.59. The number of halogens is 2. The zero-order valence-electron chi connectivity index (χ0n) is 12.1. The molecule has 1 aromatic heterocycles. The highest BCUT2D eigenvalue weighted by atomic mass is 19.3. The normalized spacial score (nSPS) is 12.4. The average molecular weight is 271 g/mol. The van der Waals surface area contributed by atoms with Gasteiger partial charge in [-0.2, -0.15) is 0 Å². The standard InChI is InChI=1S/C14H23F2N3/c1-14(2,3)18-8-11-5-6-12(17-7-11)9-19(4)10-13(15)16/h5-7,13,18H,8-10H2,1-4H3. The monoisotopic (exact) mass is 271 g/mol. The molecule has 5 heteroatoms. The topological polar surface area (TPSA) is 28.2 Å². The molecule has 19 heavy (non-hydrogen) atoms. The first-order valence-electron chi connectivity index (χ1n) is 6.42. The first-order chi connectivity index (χ1) is 8.76. The Bertz CT molecular complexity index is 371. The molecule has 1 rings (SSSR count). The molecule has 1 heterocycles. The maximum Gasteiger partial charge on any atom is 0.251 e. The summed E-state index contributed by atoms with van der Waals surface area (Å²) in [7, 11) is 1.67. The minimum atomic E-state index is -2.31. The summed E-state index contributed by atoms with van der Waals surface area (Å²) in [6.07, 6.45) is -0.509. The molecule has 0 saturated carbocycles. The van der Waals surface area contributed by atoms with Crippen molar-refractivity contribution in [1.82, 2.24) is 15.2 Å². The van der Waals surface area contributed by atoms with Gasteiger partial charge in [0, 0.05) is 24.8 Å². The van der Waals surface area contributed by atoms with Crippen LogP contribution < -0.4 is 5.32 Å². The van der Waals surface area contributed by atoms with Crippen LogP contribution in [0.3, 0.4) is 0 Å². The molecule has 0 aliphatic carbocycles. The number of alkyl halides is 2. The molecule has 0 fully saturated rings. The van der Waals surface area contributed by atoms with Crippen LogP contribution in [0.15, 0.2) is 18.3 Å². The molecular weight excluding hydrogens is 248 g/mol. The first-order valence-corrected chi connectivity index (χ1v) is 6.42. The molecule has 108 valence electrons. The van der Waals surface area contributed by atoms with E-state index in [1.165, 1.54) is 0 Å². The molecule has 1 N–H and O–H groups in total. The van der Waals surface area contributed by atoms with Crippen molar-refractivity contribution in [3.05, 3.63) is 29.6 Å². The predicted molar refractivity (Wildman–Crippen MR) is 73.2 cm³/mol. The highest BCUT2D eigenvalue weighted by molar-refractivity contribution is 5.14. The maximum atomic E-state index is 12.2. The SMILES string of the molecule is CN(Cc1ccc(CNC(C)(C)C)cn1)CC(F)F. The largest absolute Gasteiger partial charge is 0.308 e. The molecule has 0 aliphatic heterocycles. The lowest BCUT2D eigenvalue weighted by Crippen LogP contribution is -2.35. The number of hydrogen-bond donors (Lipinski definition) is 1. The Morgan fingerprint density at radius 1 is 1.32 bits per heavy atom. The van der Waals surface area contributed by atoms with Crippen molar-refractivity contribution in [2.75, 3.05) is 13.6 Å². The minimum Gasteiger partial charge on any atom is -0.308 e. The number of aromatic nitrogens is 1. The van der Waals surface area contributed by atoms with Crippen LogP contribution >= 0.6 is 0 Å². The Kier molecular flexibility index (Phi) is 5.82. The van der Waals surface area contributed by atoms with E-state index in [0.29, 0.717) is 6.54 Å². The molecule has 0 aromatic carbocycles. The maximum absolute atomic E-state index is 12.2. The van der Waals surface area contributed by atoms with Crippen LogP contribution in [0.2, 0.25) is 0 Å². The van der Waals surface area contributed by atoms with Gasteiger partial charge in [0.1, 0.15) is 0 Å². The van der Waals surface area contributed by atoms with Crippen molar-refractivity contribution < 1.29 is 8.78 Å². The number of nitrogens with one attached hydrogen (secondary N) is 1. The number of nitrogens with zero attached hydrogens (tertiary/aromatic N) is 2. The Hall–Kier alpha value is -1.07. The van der Waals surface area contributed by atoms with Crippen molar-refractivity contribution >= 4 is 0 Å². The van der Waals surface area contributed by atoms with E-state index in [1.807, 2.05) is 12.1 Å². The number of pyridine rings is 1. The zero-order valence-corrected chi connectivity index (χ0v) is 12.1. The van der Waals surface area contributed by atoms with E-state index in [2.05, 4.69) is 31.1 Å². The summed E-state index contributed by atoms with van der Waals surface area (Å²) in [6, 6.07) is 3.87. The predicted octanol–water partition coefficient (Wildman–Crippen LogP) is 2.67. The summed E-state index contributed by atoms with van der Waals surface area (Å²) < 4.78 is 24.4. The highest BCUT2D eigenvalue weighted by Crippen LogP contribution is 2.06. The van der Waals surface area contributed by atoms with Crippen LogP contribution in [0.25, 0.3) is 0 Å². The average Bonchev–Trinajstić information content (AvgIpc) is 2.26. The van der Waals surface area contributed by atoms with Crippen LogP contribution in [0.5, 0.6) is 0 Å². The first kappa shape index (κ1) is 16.0. The van der Waals surface area contributed by atoms with Gasteiger partial charge in [-0.25, -0.2) is 8.78 Å². The lowest BCUT2D eigenvalue weighted by molar-refractivity contribution is 0.0970. The summed E-state index contributed by atoms with van der Waals surface area (Å²) in [5.74, 6) is 0. The minimum absolute atomic E-state index is 0.0656. The molecule has 0 aliphatic rings. The van der Waals surface area contributed by atoms with Gasteiger partial charge in [0.15, 0.2) is 0 Å². The van der Waals surface area contributed by atoms with Crippen molar-refractivity contribution in [2.45, 2.75) is 45.8 Å². The smallest absolute Gasteiger partial charge is 0.251 e. The fourth-order valence-electron chi connectivity index (χ4n) is 1.60. The summed E-state index contributed by atoms with van der Waals surface area (Å²) in [4.78, 5) is 5.87. The van der Waals surface area contributed by atoms with Gasteiger partial charge in [-0.05, 0) is 39.4 Å². The van der Waals surface area contributed by atoms with E-state index in [1.54, 1.807) is 18.1 Å². The highest BCUT2D eigenvalue weighted by Gasteiger charge is 2.10. The molecule has 0 spiro atoms. The van der Waals surface area contributed by atoms with Crippen molar-refractivity contribution in [3.8, 4) is 0 Å². The van der Waals surface area contributed by atoms with Crippen molar-refractivity contribution in [1.29, 1.82) is 0 Å². The van der Waals surface area contributed by atoms with E-state index in [0.717, 1.165) is 17.8 Å². The van der Waals surface area contributed by atoms with Crippen LogP contribution in [-0.4, -0.2) is 35.4 Å². The fraction of sp³-hybridized carbons (Fsp3) is 0.643. The van der Waals surface area contributed by atoms with E-state index >= 15 is 0 Å². The second kappa shape index (κ2) is 6.91. The van der Waals surface area contributed by atoms with E-state index < -0.39 is 6.43 Å². The van der Waals surface area contributed by atoms with Crippen molar-refractivity contribution in [2.24, 2.45) is 0 Å². The van der Waals surface area contributed by atoms with Gasteiger partial charge in [0.25, 0.3) is 6.43 Å². The van der Waals surface area contributed by atoms with Crippen LogP contribution in [0, 0.1) is 0 Å². The van der Waals surface area contributed by atoms with Crippen LogP contribution in [0.4, 0.5) is 8.78 Å². The molecular formula is C14H23F2N3. The summed E-state index contributed by atoms with van der Waals surface area (Å²) in [5.41, 5.74) is 1.97. The molecule has 0 atom stereocenters. The molecule has 0 unspecified atom stereocenters. The quantitative estimate of drug-likeness (QED) is 0.862. The van der Waals surface area contributed by atoms with Crippen LogP contribution in [-0.2, 0) is 13.1 Å². The lowest BCUT2D eigenvalue weighted by Gasteiger charge is -2.20. The third kappa shape index (κ3) is 7.18. The summed E-state index contributed by atoms with van der Waals surface area (Å²) >= 11 is 0. The summed E-state index contributed by atoms with van der Waals surface area (Å²) in [6.45, 7) is 7.28.